The van der Waals surface area contributed by atoms with Crippen molar-refractivity contribution in [2.75, 3.05) is 17.6 Å². The highest BCUT2D eigenvalue weighted by molar-refractivity contribution is 7.99. The number of anilines is 1. The molecule has 176 valence electrons. The highest BCUT2D eigenvalue weighted by Gasteiger charge is 2.31. The second-order valence-electron chi connectivity index (χ2n) is 10.1. The fourth-order valence-corrected chi connectivity index (χ4v) is 6.27. The van der Waals surface area contributed by atoms with Crippen molar-refractivity contribution in [3.8, 4) is 5.75 Å². The minimum atomic E-state index is 0.152. The molecule has 2 heterocycles. The number of fused-ring (bicyclic) bond motifs is 2. The first-order valence-electron chi connectivity index (χ1n) is 12.6. The predicted octanol–water partition coefficient (Wildman–Crippen LogP) is 8.41. The Hall–Kier alpha value is -2.65. The van der Waals surface area contributed by atoms with Crippen molar-refractivity contribution >= 4 is 28.6 Å². The number of hydrogen-bond donors (Lipinski definition) is 1. The summed E-state index contributed by atoms with van der Waals surface area (Å²) in [6.07, 6.45) is 3.58. The standard InChI is InChI=1S/C31H35NOS/c1-5-9-23(6-2)33-24-15-12-21(13-16-24)30-25-10-7-8-11-29(25)34-19-26(30)22-14-17-28-27(18-22)31(3,4)20-32-28/h7-8,10-18,23,32H,5-6,9,19-20H2,1-4H3. The summed E-state index contributed by atoms with van der Waals surface area (Å²) in [5.74, 6) is 1.95. The molecule has 0 aromatic heterocycles. The largest absolute Gasteiger partial charge is 0.490 e. The molecule has 0 fully saturated rings. The third kappa shape index (κ3) is 4.38. The lowest BCUT2D eigenvalue weighted by atomic mass is 9.84. The zero-order valence-corrected chi connectivity index (χ0v) is 21.6. The van der Waals surface area contributed by atoms with Crippen LogP contribution in [0.25, 0.3) is 11.1 Å². The highest BCUT2D eigenvalue weighted by Crippen LogP contribution is 2.46. The van der Waals surface area contributed by atoms with E-state index in [1.165, 1.54) is 44.0 Å². The van der Waals surface area contributed by atoms with Gasteiger partial charge in [-0.15, -0.1) is 11.8 Å². The average Bonchev–Trinajstić information content (AvgIpc) is 3.17. The van der Waals surface area contributed by atoms with Crippen LogP contribution in [0, 0.1) is 0 Å². The Kier molecular flexibility index (Phi) is 6.48. The van der Waals surface area contributed by atoms with Gasteiger partial charge in [0.2, 0.25) is 0 Å². The van der Waals surface area contributed by atoms with Gasteiger partial charge in [0.25, 0.3) is 0 Å². The first-order chi connectivity index (χ1) is 16.5. The molecular formula is C31H35NOS. The predicted molar refractivity (Wildman–Crippen MR) is 147 cm³/mol. The van der Waals surface area contributed by atoms with E-state index in [1.54, 1.807) is 0 Å². The third-order valence-electron chi connectivity index (χ3n) is 7.16. The van der Waals surface area contributed by atoms with Gasteiger partial charge in [0.1, 0.15) is 5.75 Å². The minimum absolute atomic E-state index is 0.152. The van der Waals surface area contributed by atoms with Crippen LogP contribution in [0.1, 0.15) is 69.2 Å². The molecule has 1 unspecified atom stereocenters. The Morgan fingerprint density at radius 3 is 2.50 bits per heavy atom. The summed E-state index contributed by atoms with van der Waals surface area (Å²) >= 11 is 1.95. The number of benzene rings is 3. The van der Waals surface area contributed by atoms with E-state index >= 15 is 0 Å². The van der Waals surface area contributed by atoms with Gasteiger partial charge in [-0.1, -0.05) is 70.5 Å². The molecule has 3 aromatic rings. The summed E-state index contributed by atoms with van der Waals surface area (Å²) in [6.45, 7) is 10.1. The molecule has 0 radical (unpaired) electrons. The molecule has 2 aliphatic rings. The summed E-state index contributed by atoms with van der Waals surface area (Å²) < 4.78 is 6.27. The van der Waals surface area contributed by atoms with E-state index in [0.717, 1.165) is 37.3 Å². The molecule has 34 heavy (non-hydrogen) atoms. The van der Waals surface area contributed by atoms with Crippen LogP contribution in [-0.4, -0.2) is 18.4 Å². The van der Waals surface area contributed by atoms with Crippen LogP contribution in [0.3, 0.4) is 0 Å². The van der Waals surface area contributed by atoms with Gasteiger partial charge < -0.3 is 10.1 Å². The summed E-state index contributed by atoms with van der Waals surface area (Å²) in [7, 11) is 0. The lowest BCUT2D eigenvalue weighted by molar-refractivity contribution is 0.186. The van der Waals surface area contributed by atoms with Gasteiger partial charge >= 0.3 is 0 Å². The minimum Gasteiger partial charge on any atom is -0.490 e. The van der Waals surface area contributed by atoms with Gasteiger partial charge in [-0.25, -0.2) is 0 Å². The van der Waals surface area contributed by atoms with E-state index in [4.69, 9.17) is 4.74 Å². The normalized spacial score (nSPS) is 17.1. The number of ether oxygens (including phenoxy) is 1. The Labute approximate surface area is 208 Å². The molecule has 0 saturated heterocycles. The van der Waals surface area contributed by atoms with Crippen LogP contribution in [0.4, 0.5) is 5.69 Å². The Morgan fingerprint density at radius 1 is 0.971 bits per heavy atom. The van der Waals surface area contributed by atoms with E-state index in [-0.39, 0.29) is 5.41 Å². The van der Waals surface area contributed by atoms with Crippen molar-refractivity contribution in [2.45, 2.75) is 63.4 Å². The van der Waals surface area contributed by atoms with E-state index < -0.39 is 0 Å². The van der Waals surface area contributed by atoms with Crippen LogP contribution in [0.5, 0.6) is 5.75 Å². The molecule has 3 aromatic carbocycles. The number of thioether (sulfide) groups is 1. The maximum atomic E-state index is 6.27. The van der Waals surface area contributed by atoms with Gasteiger partial charge in [-0.05, 0) is 76.6 Å². The number of hydrogen-bond acceptors (Lipinski definition) is 3. The van der Waals surface area contributed by atoms with Crippen molar-refractivity contribution in [2.24, 2.45) is 0 Å². The molecule has 3 heteroatoms. The fourth-order valence-electron chi connectivity index (χ4n) is 5.16. The lowest BCUT2D eigenvalue weighted by Gasteiger charge is -2.25. The van der Waals surface area contributed by atoms with Gasteiger partial charge in [-0.2, -0.15) is 0 Å². The van der Waals surface area contributed by atoms with Crippen LogP contribution < -0.4 is 10.1 Å². The van der Waals surface area contributed by atoms with Crippen molar-refractivity contribution in [3.05, 3.63) is 89.0 Å². The third-order valence-corrected chi connectivity index (χ3v) is 8.26. The maximum absolute atomic E-state index is 6.27. The topological polar surface area (TPSA) is 21.3 Å². The Balaban J connectivity index is 1.58. The second-order valence-corrected chi connectivity index (χ2v) is 11.1. The summed E-state index contributed by atoms with van der Waals surface area (Å²) in [5.41, 5.74) is 9.55. The molecule has 5 rings (SSSR count). The highest BCUT2D eigenvalue weighted by atomic mass is 32.2. The van der Waals surface area contributed by atoms with Gasteiger partial charge in [0, 0.05) is 28.3 Å². The first-order valence-corrected chi connectivity index (χ1v) is 13.6. The zero-order chi connectivity index (χ0) is 23.7. The molecular weight excluding hydrogens is 434 g/mol. The van der Waals surface area contributed by atoms with Crippen LogP contribution in [-0.2, 0) is 5.41 Å². The Morgan fingerprint density at radius 2 is 1.74 bits per heavy atom. The number of nitrogens with one attached hydrogen (secondary N) is 1. The Bertz CT molecular complexity index is 1210. The van der Waals surface area contributed by atoms with Gasteiger partial charge in [-0.3, -0.25) is 0 Å². The smallest absolute Gasteiger partial charge is 0.119 e. The van der Waals surface area contributed by atoms with Crippen molar-refractivity contribution in [3.63, 3.8) is 0 Å². The molecule has 0 saturated carbocycles. The summed E-state index contributed by atoms with van der Waals surface area (Å²) in [6, 6.07) is 24.6. The van der Waals surface area contributed by atoms with Crippen LogP contribution in [0.2, 0.25) is 0 Å². The maximum Gasteiger partial charge on any atom is 0.119 e. The van der Waals surface area contributed by atoms with Crippen molar-refractivity contribution in [1.82, 2.24) is 0 Å². The summed E-state index contributed by atoms with van der Waals surface area (Å²) in [4.78, 5) is 1.36. The number of rotatable bonds is 7. The second kappa shape index (κ2) is 9.54. The van der Waals surface area contributed by atoms with Crippen molar-refractivity contribution < 1.29 is 4.74 Å². The average molecular weight is 470 g/mol. The molecule has 1 N–H and O–H groups in total. The van der Waals surface area contributed by atoms with E-state index in [9.17, 15) is 0 Å². The van der Waals surface area contributed by atoms with Gasteiger partial charge in [0.15, 0.2) is 0 Å². The lowest BCUT2D eigenvalue weighted by Crippen LogP contribution is -2.19. The molecule has 2 aliphatic heterocycles. The van der Waals surface area contributed by atoms with Gasteiger partial charge in [0.05, 0.1) is 6.10 Å². The quantitative estimate of drug-likeness (QED) is 0.375. The molecule has 2 nitrogen and oxygen atoms in total. The van der Waals surface area contributed by atoms with Crippen LogP contribution >= 0.6 is 11.8 Å². The van der Waals surface area contributed by atoms with Crippen LogP contribution in [0.15, 0.2) is 71.6 Å². The fraction of sp³-hybridized carbons (Fsp3) is 0.355. The molecule has 0 aliphatic carbocycles. The van der Waals surface area contributed by atoms with E-state index in [1.807, 2.05) is 11.8 Å². The first kappa shape index (κ1) is 23.1. The summed E-state index contributed by atoms with van der Waals surface area (Å²) in [5, 5.41) is 3.58. The van der Waals surface area contributed by atoms with Crippen molar-refractivity contribution in [1.29, 1.82) is 0 Å². The molecule has 1 atom stereocenters. The molecule has 0 amide bonds. The SMILES string of the molecule is CCCC(CC)Oc1ccc(C2=C(c3ccc4c(c3)C(C)(C)CN4)CSc3ccccc32)cc1. The zero-order valence-electron chi connectivity index (χ0n) is 20.8. The monoisotopic (exact) mass is 469 g/mol. The van der Waals surface area contributed by atoms with E-state index in [0.29, 0.717) is 6.10 Å². The molecule has 0 bridgehead atoms. The van der Waals surface area contributed by atoms with E-state index in [2.05, 4.69) is 99.7 Å². The molecule has 0 spiro atoms.